The third-order valence-electron chi connectivity index (χ3n) is 1.82. The molecule has 10 heteroatoms. The average Bonchev–Trinajstić information content (AvgIpc) is 2.25. The fraction of sp³-hybridized carbons (Fsp3) is 0.857. The van der Waals surface area contributed by atoms with Crippen molar-refractivity contribution in [3.05, 3.63) is 4.91 Å². The molecular formula is C7H15FN4O4S. The van der Waals surface area contributed by atoms with Crippen LogP contribution >= 0.6 is 0 Å². The molecule has 17 heavy (non-hydrogen) atoms. The van der Waals surface area contributed by atoms with E-state index in [0.29, 0.717) is 5.01 Å². The first kappa shape index (κ1) is 15.7. The van der Waals surface area contributed by atoms with Gasteiger partial charge in [0.15, 0.2) is 0 Å². The molecule has 0 unspecified atom stereocenters. The van der Waals surface area contributed by atoms with Crippen LogP contribution in [0.1, 0.15) is 0 Å². The predicted molar refractivity (Wildman–Crippen MR) is 59.3 cm³/mol. The summed E-state index contributed by atoms with van der Waals surface area (Å²) in [5.74, 6) is -0.311. The van der Waals surface area contributed by atoms with Crippen LogP contribution in [0.4, 0.5) is 9.18 Å². The zero-order chi connectivity index (χ0) is 13.5. The highest BCUT2D eigenvalue weighted by Gasteiger charge is 2.16. The summed E-state index contributed by atoms with van der Waals surface area (Å²) in [4.78, 5) is 21.3. The Morgan fingerprint density at radius 2 is 2.00 bits per heavy atom. The van der Waals surface area contributed by atoms with Crippen molar-refractivity contribution in [1.82, 2.24) is 14.6 Å². The standard InChI is InChI=1S/C7H15FN4O4S/c1-11(2)17(15,16)6-4-9-7(13)12(10-14)5-3-8/h3-6H2,1-2H3,(H,9,13). The highest BCUT2D eigenvalue weighted by atomic mass is 32.2. The summed E-state index contributed by atoms with van der Waals surface area (Å²) in [6.45, 7) is -1.55. The van der Waals surface area contributed by atoms with E-state index in [4.69, 9.17) is 0 Å². The molecule has 0 aliphatic rings. The van der Waals surface area contributed by atoms with E-state index in [1.807, 2.05) is 0 Å². The third-order valence-corrected chi connectivity index (χ3v) is 3.65. The summed E-state index contributed by atoms with van der Waals surface area (Å²) in [5, 5.41) is 4.80. The number of hydrogen-bond acceptors (Lipinski definition) is 5. The summed E-state index contributed by atoms with van der Waals surface area (Å²) >= 11 is 0. The van der Waals surface area contributed by atoms with Crippen LogP contribution in [0.3, 0.4) is 0 Å². The normalized spacial score (nSPS) is 11.3. The van der Waals surface area contributed by atoms with Gasteiger partial charge >= 0.3 is 6.03 Å². The highest BCUT2D eigenvalue weighted by Crippen LogP contribution is 1.94. The Kier molecular flexibility index (Phi) is 6.58. The Bertz CT molecular complexity index is 359. The minimum Gasteiger partial charge on any atom is -0.335 e. The van der Waals surface area contributed by atoms with E-state index in [2.05, 4.69) is 10.6 Å². The van der Waals surface area contributed by atoms with Gasteiger partial charge in [0, 0.05) is 20.6 Å². The minimum atomic E-state index is -3.42. The first-order chi connectivity index (χ1) is 7.85. The lowest BCUT2D eigenvalue weighted by atomic mass is 10.6. The van der Waals surface area contributed by atoms with Crippen molar-refractivity contribution in [2.45, 2.75) is 0 Å². The topological polar surface area (TPSA) is 99.2 Å². The van der Waals surface area contributed by atoms with Gasteiger partial charge in [0.25, 0.3) is 0 Å². The number of carbonyl (C=O) groups excluding carboxylic acids is 1. The number of nitrogens with one attached hydrogen (secondary N) is 1. The molecule has 1 N–H and O–H groups in total. The number of urea groups is 1. The number of rotatable bonds is 7. The Balaban J connectivity index is 4.13. The maximum Gasteiger partial charge on any atom is 0.340 e. The van der Waals surface area contributed by atoms with Crippen LogP contribution < -0.4 is 5.32 Å². The van der Waals surface area contributed by atoms with E-state index in [9.17, 15) is 22.5 Å². The number of carbonyl (C=O) groups is 1. The van der Waals surface area contributed by atoms with Gasteiger partial charge in [-0.25, -0.2) is 21.9 Å². The first-order valence-corrected chi connectivity index (χ1v) is 6.31. The Morgan fingerprint density at radius 1 is 1.41 bits per heavy atom. The second-order valence-electron chi connectivity index (χ2n) is 3.22. The van der Waals surface area contributed by atoms with Crippen molar-refractivity contribution in [3.8, 4) is 0 Å². The van der Waals surface area contributed by atoms with E-state index in [-0.39, 0.29) is 12.3 Å². The zero-order valence-corrected chi connectivity index (χ0v) is 10.4. The maximum atomic E-state index is 11.9. The number of amides is 2. The number of hydrogen-bond donors (Lipinski definition) is 1. The molecule has 2 amide bonds. The van der Waals surface area contributed by atoms with Crippen LogP contribution in [0.15, 0.2) is 5.29 Å². The molecule has 100 valence electrons. The fourth-order valence-corrected chi connectivity index (χ4v) is 1.55. The Hall–Kier alpha value is -1.29. The summed E-state index contributed by atoms with van der Waals surface area (Å²) in [6.07, 6.45) is 0. The summed E-state index contributed by atoms with van der Waals surface area (Å²) < 4.78 is 35.5. The molecule has 0 spiro atoms. The second-order valence-corrected chi connectivity index (χ2v) is 5.53. The molecule has 0 aliphatic heterocycles. The molecule has 0 atom stereocenters. The molecule has 0 heterocycles. The van der Waals surface area contributed by atoms with Crippen LogP contribution in [0.5, 0.6) is 0 Å². The van der Waals surface area contributed by atoms with Crippen molar-refractivity contribution in [1.29, 1.82) is 0 Å². The van der Waals surface area contributed by atoms with Gasteiger partial charge in [0.2, 0.25) is 10.0 Å². The van der Waals surface area contributed by atoms with E-state index in [1.54, 1.807) is 0 Å². The molecular weight excluding hydrogens is 255 g/mol. The van der Waals surface area contributed by atoms with Crippen LogP contribution in [0, 0.1) is 4.91 Å². The number of nitrogens with zero attached hydrogens (tertiary/aromatic N) is 3. The fourth-order valence-electron chi connectivity index (χ4n) is 0.820. The molecule has 0 saturated carbocycles. The van der Waals surface area contributed by atoms with Gasteiger partial charge < -0.3 is 5.32 Å². The molecule has 0 saturated heterocycles. The SMILES string of the molecule is CN(C)S(=O)(=O)CCNC(=O)N(CCF)N=O. The summed E-state index contributed by atoms with van der Waals surface area (Å²) in [7, 11) is -0.700. The van der Waals surface area contributed by atoms with Crippen molar-refractivity contribution < 1.29 is 17.6 Å². The second kappa shape index (κ2) is 7.12. The highest BCUT2D eigenvalue weighted by molar-refractivity contribution is 7.89. The molecule has 0 bridgehead atoms. The number of sulfonamides is 1. The van der Waals surface area contributed by atoms with Crippen molar-refractivity contribution in [2.75, 3.05) is 39.6 Å². The van der Waals surface area contributed by atoms with Crippen molar-refractivity contribution >= 4 is 16.1 Å². The molecule has 0 aliphatic carbocycles. The molecule has 0 aromatic carbocycles. The first-order valence-electron chi connectivity index (χ1n) is 4.70. The van der Waals surface area contributed by atoms with E-state index >= 15 is 0 Å². The summed E-state index contributed by atoms with van der Waals surface area (Å²) in [6, 6.07) is -0.924. The maximum absolute atomic E-state index is 11.9. The zero-order valence-electron chi connectivity index (χ0n) is 9.59. The van der Waals surface area contributed by atoms with Gasteiger partial charge in [0.1, 0.15) is 6.67 Å². The van der Waals surface area contributed by atoms with Gasteiger partial charge in [-0.1, -0.05) is 0 Å². The average molecular weight is 270 g/mol. The monoisotopic (exact) mass is 270 g/mol. The summed E-state index contributed by atoms with van der Waals surface area (Å²) in [5.41, 5.74) is 0. The lowest BCUT2D eigenvalue weighted by molar-refractivity contribution is 0.195. The predicted octanol–water partition coefficient (Wildman–Crippen LogP) is -0.460. The van der Waals surface area contributed by atoms with Crippen LogP contribution in [0.2, 0.25) is 0 Å². The number of halogens is 1. The molecule has 0 aromatic rings. The molecule has 8 nitrogen and oxygen atoms in total. The van der Waals surface area contributed by atoms with Crippen molar-refractivity contribution in [3.63, 3.8) is 0 Å². The van der Waals surface area contributed by atoms with Gasteiger partial charge in [-0.05, 0) is 0 Å². The van der Waals surface area contributed by atoms with Gasteiger partial charge in [-0.3, -0.25) is 0 Å². The number of nitroso groups, excluding NO2 is 1. The van der Waals surface area contributed by atoms with Crippen LogP contribution in [0.25, 0.3) is 0 Å². The lowest BCUT2D eigenvalue weighted by Crippen LogP contribution is -2.40. The largest absolute Gasteiger partial charge is 0.340 e. The Labute approximate surface area is 98.8 Å². The molecule has 0 radical (unpaired) electrons. The van der Waals surface area contributed by atoms with Gasteiger partial charge in [-0.15, -0.1) is 4.91 Å². The minimum absolute atomic E-state index is 0.183. The molecule has 0 aromatic heterocycles. The van der Waals surface area contributed by atoms with E-state index in [0.717, 1.165) is 4.31 Å². The Morgan fingerprint density at radius 3 is 2.41 bits per heavy atom. The molecule has 0 fully saturated rings. The van der Waals surface area contributed by atoms with Gasteiger partial charge in [0.05, 0.1) is 17.6 Å². The van der Waals surface area contributed by atoms with E-state index in [1.165, 1.54) is 14.1 Å². The van der Waals surface area contributed by atoms with Gasteiger partial charge in [-0.2, -0.15) is 5.01 Å². The van der Waals surface area contributed by atoms with Crippen LogP contribution in [-0.2, 0) is 10.0 Å². The molecule has 0 rings (SSSR count). The smallest absolute Gasteiger partial charge is 0.335 e. The quantitative estimate of drug-likeness (QED) is 0.500. The number of alkyl halides is 1. The lowest BCUT2D eigenvalue weighted by Gasteiger charge is -2.14. The third kappa shape index (κ3) is 5.54. The van der Waals surface area contributed by atoms with Crippen molar-refractivity contribution in [2.24, 2.45) is 5.29 Å². The van der Waals surface area contributed by atoms with Crippen LogP contribution in [-0.4, -0.2) is 63.4 Å². The van der Waals surface area contributed by atoms with E-state index < -0.39 is 29.3 Å².